The number of halogens is 1. The molecule has 0 aromatic carbocycles. The third-order valence-electron chi connectivity index (χ3n) is 1.15. The predicted octanol–water partition coefficient (Wildman–Crippen LogP) is 0.943. The Morgan fingerprint density at radius 1 is 1.67 bits per heavy atom. The van der Waals surface area contributed by atoms with Crippen LogP contribution in [0, 0.1) is 17.8 Å². The highest BCUT2D eigenvalue weighted by molar-refractivity contribution is 5.03. The van der Waals surface area contributed by atoms with Crippen LogP contribution in [0.5, 0.6) is 0 Å². The van der Waals surface area contributed by atoms with E-state index in [0.717, 1.165) is 0 Å². The SMILES string of the molecule is CC#CC(F)C(C)CN. The van der Waals surface area contributed by atoms with E-state index in [1.165, 1.54) is 0 Å². The van der Waals surface area contributed by atoms with Crippen LogP contribution < -0.4 is 5.73 Å². The molecule has 0 bridgehead atoms. The van der Waals surface area contributed by atoms with Gasteiger partial charge in [0.2, 0.25) is 0 Å². The zero-order valence-corrected chi connectivity index (χ0v) is 5.82. The van der Waals surface area contributed by atoms with Crippen LogP contribution in [-0.2, 0) is 0 Å². The summed E-state index contributed by atoms with van der Waals surface area (Å²) in [6, 6.07) is 0. The first-order valence-electron chi connectivity index (χ1n) is 2.98. The largest absolute Gasteiger partial charge is 0.330 e. The number of hydrogen-bond acceptors (Lipinski definition) is 1. The van der Waals surface area contributed by atoms with Crippen LogP contribution in [0.3, 0.4) is 0 Å². The molecule has 0 saturated heterocycles. The minimum Gasteiger partial charge on any atom is -0.330 e. The Morgan fingerprint density at radius 3 is 2.56 bits per heavy atom. The standard InChI is InChI=1S/C7H12FN/c1-3-4-7(8)6(2)5-9/h6-7H,5,9H2,1-2H3. The predicted molar refractivity (Wildman–Crippen MR) is 36.6 cm³/mol. The van der Waals surface area contributed by atoms with E-state index in [-0.39, 0.29) is 5.92 Å². The molecule has 2 atom stereocenters. The Labute approximate surface area is 55.4 Å². The first-order chi connectivity index (χ1) is 4.22. The van der Waals surface area contributed by atoms with E-state index in [4.69, 9.17) is 5.73 Å². The summed E-state index contributed by atoms with van der Waals surface area (Å²) in [7, 11) is 0. The molecule has 0 aromatic heterocycles. The summed E-state index contributed by atoms with van der Waals surface area (Å²) < 4.78 is 12.5. The molecular formula is C7H12FN. The maximum atomic E-state index is 12.5. The second-order valence-electron chi connectivity index (χ2n) is 2.01. The summed E-state index contributed by atoms with van der Waals surface area (Å²) in [5.41, 5.74) is 5.20. The van der Waals surface area contributed by atoms with Crippen LogP contribution >= 0.6 is 0 Å². The normalized spacial score (nSPS) is 15.6. The van der Waals surface area contributed by atoms with Crippen LogP contribution in [0.25, 0.3) is 0 Å². The van der Waals surface area contributed by atoms with Crippen molar-refractivity contribution in [2.24, 2.45) is 11.7 Å². The first kappa shape index (κ1) is 8.45. The topological polar surface area (TPSA) is 26.0 Å². The van der Waals surface area contributed by atoms with Gasteiger partial charge in [-0.3, -0.25) is 0 Å². The van der Waals surface area contributed by atoms with E-state index in [1.807, 2.05) is 0 Å². The minimum absolute atomic E-state index is 0.141. The molecule has 0 aromatic rings. The summed E-state index contributed by atoms with van der Waals surface area (Å²) in [5.74, 6) is 4.76. The highest BCUT2D eigenvalue weighted by Crippen LogP contribution is 2.02. The molecule has 1 nitrogen and oxygen atoms in total. The Kier molecular flexibility index (Phi) is 4.08. The molecule has 0 aliphatic heterocycles. The third kappa shape index (κ3) is 3.10. The molecule has 9 heavy (non-hydrogen) atoms. The van der Waals surface area contributed by atoms with Crippen LogP contribution in [0.4, 0.5) is 4.39 Å². The summed E-state index contributed by atoms with van der Waals surface area (Å²) in [6.07, 6.45) is -1.06. The van der Waals surface area contributed by atoms with Crippen molar-refractivity contribution >= 4 is 0 Å². The third-order valence-corrected chi connectivity index (χ3v) is 1.15. The average Bonchev–Trinajstić information content (AvgIpc) is 1.87. The van der Waals surface area contributed by atoms with Crippen molar-refractivity contribution in [2.45, 2.75) is 20.0 Å². The van der Waals surface area contributed by atoms with Gasteiger partial charge in [0.05, 0.1) is 0 Å². The zero-order valence-electron chi connectivity index (χ0n) is 5.82. The highest BCUT2D eigenvalue weighted by atomic mass is 19.1. The van der Waals surface area contributed by atoms with E-state index < -0.39 is 6.17 Å². The second-order valence-corrected chi connectivity index (χ2v) is 2.01. The van der Waals surface area contributed by atoms with E-state index in [2.05, 4.69) is 11.8 Å². The van der Waals surface area contributed by atoms with Crippen molar-refractivity contribution in [3.8, 4) is 11.8 Å². The molecule has 2 heteroatoms. The quantitative estimate of drug-likeness (QED) is 0.552. The number of alkyl halides is 1. The Bertz CT molecular complexity index is 123. The molecule has 0 spiro atoms. The Morgan fingerprint density at radius 2 is 2.22 bits per heavy atom. The number of nitrogens with two attached hydrogens (primary N) is 1. The molecular weight excluding hydrogens is 117 g/mol. The molecule has 2 unspecified atom stereocenters. The Hall–Kier alpha value is -0.550. The van der Waals surface area contributed by atoms with E-state index in [0.29, 0.717) is 6.54 Å². The van der Waals surface area contributed by atoms with Gasteiger partial charge in [-0.25, -0.2) is 4.39 Å². The monoisotopic (exact) mass is 129 g/mol. The highest BCUT2D eigenvalue weighted by Gasteiger charge is 2.09. The van der Waals surface area contributed by atoms with Crippen molar-refractivity contribution in [2.75, 3.05) is 6.54 Å². The average molecular weight is 129 g/mol. The maximum Gasteiger partial charge on any atom is 0.164 e. The molecule has 0 aliphatic carbocycles. The van der Waals surface area contributed by atoms with Gasteiger partial charge in [-0.2, -0.15) is 0 Å². The van der Waals surface area contributed by atoms with Gasteiger partial charge in [0, 0.05) is 5.92 Å². The lowest BCUT2D eigenvalue weighted by Crippen LogP contribution is -2.20. The van der Waals surface area contributed by atoms with Gasteiger partial charge < -0.3 is 5.73 Å². The van der Waals surface area contributed by atoms with Gasteiger partial charge >= 0.3 is 0 Å². The molecule has 2 N–H and O–H groups in total. The van der Waals surface area contributed by atoms with Crippen LogP contribution in [0.1, 0.15) is 13.8 Å². The van der Waals surface area contributed by atoms with Gasteiger partial charge in [-0.1, -0.05) is 12.8 Å². The second kappa shape index (κ2) is 4.34. The molecule has 0 heterocycles. The van der Waals surface area contributed by atoms with Crippen LogP contribution in [0.15, 0.2) is 0 Å². The van der Waals surface area contributed by atoms with Gasteiger partial charge in [0.15, 0.2) is 6.17 Å². The summed E-state index contributed by atoms with van der Waals surface area (Å²) >= 11 is 0. The van der Waals surface area contributed by atoms with Crippen molar-refractivity contribution < 1.29 is 4.39 Å². The summed E-state index contributed by atoms with van der Waals surface area (Å²) in [6.45, 7) is 3.72. The summed E-state index contributed by atoms with van der Waals surface area (Å²) in [4.78, 5) is 0. The Balaban J connectivity index is 3.67. The van der Waals surface area contributed by atoms with E-state index >= 15 is 0 Å². The molecule has 0 amide bonds. The molecule has 0 radical (unpaired) electrons. The fraction of sp³-hybridized carbons (Fsp3) is 0.714. The molecule has 0 saturated carbocycles. The molecule has 0 fully saturated rings. The van der Waals surface area contributed by atoms with Crippen LogP contribution in [0.2, 0.25) is 0 Å². The number of hydrogen-bond donors (Lipinski definition) is 1. The van der Waals surface area contributed by atoms with E-state index in [9.17, 15) is 4.39 Å². The fourth-order valence-electron chi connectivity index (χ4n) is 0.400. The molecule has 0 aliphatic rings. The minimum atomic E-state index is -1.06. The maximum absolute atomic E-state index is 12.5. The van der Waals surface area contributed by atoms with Gasteiger partial charge in [0.1, 0.15) is 0 Å². The lowest BCUT2D eigenvalue weighted by molar-refractivity contribution is 0.313. The van der Waals surface area contributed by atoms with Gasteiger partial charge in [-0.15, -0.1) is 5.92 Å². The van der Waals surface area contributed by atoms with Gasteiger partial charge in [0.25, 0.3) is 0 Å². The first-order valence-corrected chi connectivity index (χ1v) is 2.98. The van der Waals surface area contributed by atoms with Crippen molar-refractivity contribution in [3.05, 3.63) is 0 Å². The number of rotatable bonds is 2. The van der Waals surface area contributed by atoms with E-state index in [1.54, 1.807) is 13.8 Å². The van der Waals surface area contributed by atoms with Crippen molar-refractivity contribution in [1.29, 1.82) is 0 Å². The molecule has 52 valence electrons. The van der Waals surface area contributed by atoms with Crippen molar-refractivity contribution in [1.82, 2.24) is 0 Å². The lowest BCUT2D eigenvalue weighted by Gasteiger charge is -2.06. The van der Waals surface area contributed by atoms with Crippen molar-refractivity contribution in [3.63, 3.8) is 0 Å². The zero-order chi connectivity index (χ0) is 7.28. The smallest absolute Gasteiger partial charge is 0.164 e. The van der Waals surface area contributed by atoms with Crippen LogP contribution in [-0.4, -0.2) is 12.7 Å². The fourth-order valence-corrected chi connectivity index (χ4v) is 0.400. The van der Waals surface area contributed by atoms with Gasteiger partial charge in [-0.05, 0) is 13.5 Å². The molecule has 0 rings (SSSR count). The summed E-state index contributed by atoms with van der Waals surface area (Å²) in [5, 5.41) is 0. The lowest BCUT2D eigenvalue weighted by atomic mass is 10.1.